The number of nitrogens with zero attached hydrogens (tertiary/aromatic N) is 3. The number of hydrogen-bond acceptors (Lipinski definition) is 5. The van der Waals surface area contributed by atoms with Crippen LogP contribution in [0.15, 0.2) is 12.3 Å². The largest absolute Gasteiger partial charge is 0.368 e. The molecule has 1 saturated carbocycles. The van der Waals surface area contributed by atoms with Gasteiger partial charge in [0.2, 0.25) is 5.95 Å². The molecular weight excluding hydrogens is 228 g/mol. The first-order valence-electron chi connectivity index (χ1n) is 6.36. The smallest absolute Gasteiger partial charge is 0.223 e. The molecule has 1 spiro atoms. The maximum atomic E-state index is 5.79. The molecule has 18 heavy (non-hydrogen) atoms. The van der Waals surface area contributed by atoms with Crippen LogP contribution in [0.4, 0.5) is 11.8 Å². The van der Waals surface area contributed by atoms with Gasteiger partial charge < -0.3 is 20.9 Å². The highest BCUT2D eigenvalue weighted by molar-refractivity contribution is 5.88. The standard InChI is InChI=1S/C12H16N6/c13-11-16-9-8(1-4-14-9)10(17-11)18-6-5-15-12(7-18)2-3-12/h1,4,15H,2-3,5-7H2,(H3,13,14,16,17). The third-order valence-electron chi connectivity index (χ3n) is 3.94. The Morgan fingerprint density at radius 3 is 3.06 bits per heavy atom. The van der Waals surface area contributed by atoms with Crippen LogP contribution in [0.1, 0.15) is 12.8 Å². The van der Waals surface area contributed by atoms with Gasteiger partial charge in [-0.2, -0.15) is 9.97 Å². The zero-order chi connectivity index (χ0) is 12.2. The summed E-state index contributed by atoms with van der Waals surface area (Å²) in [5, 5.41) is 4.66. The summed E-state index contributed by atoms with van der Waals surface area (Å²) in [6.45, 7) is 3.00. The fourth-order valence-electron chi connectivity index (χ4n) is 2.81. The Balaban J connectivity index is 1.78. The lowest BCUT2D eigenvalue weighted by Gasteiger charge is -2.35. The molecule has 2 aromatic heterocycles. The van der Waals surface area contributed by atoms with E-state index >= 15 is 0 Å². The Hall–Kier alpha value is -1.82. The Morgan fingerprint density at radius 2 is 2.22 bits per heavy atom. The Morgan fingerprint density at radius 1 is 1.33 bits per heavy atom. The van der Waals surface area contributed by atoms with E-state index in [-0.39, 0.29) is 0 Å². The van der Waals surface area contributed by atoms with Gasteiger partial charge in [0.15, 0.2) is 0 Å². The highest BCUT2D eigenvalue weighted by Crippen LogP contribution is 2.39. The Kier molecular flexibility index (Phi) is 1.89. The zero-order valence-electron chi connectivity index (χ0n) is 10.1. The van der Waals surface area contributed by atoms with E-state index in [0.717, 1.165) is 36.5 Å². The summed E-state index contributed by atoms with van der Waals surface area (Å²) in [5.74, 6) is 1.30. The van der Waals surface area contributed by atoms with E-state index in [1.807, 2.05) is 12.3 Å². The SMILES string of the molecule is Nc1nc(N2CCNC3(CC3)C2)c2cc[nH]c2n1. The average molecular weight is 244 g/mol. The number of aromatic nitrogens is 3. The van der Waals surface area contributed by atoms with Gasteiger partial charge in [-0.15, -0.1) is 0 Å². The number of nitrogens with two attached hydrogens (primary N) is 1. The summed E-state index contributed by atoms with van der Waals surface area (Å²) in [6, 6.07) is 2.02. The van der Waals surface area contributed by atoms with Crippen LogP contribution in [0, 0.1) is 0 Å². The van der Waals surface area contributed by atoms with Gasteiger partial charge in [0.1, 0.15) is 11.5 Å². The minimum Gasteiger partial charge on any atom is -0.368 e. The van der Waals surface area contributed by atoms with Crippen LogP contribution in [-0.4, -0.2) is 40.1 Å². The number of hydrogen-bond donors (Lipinski definition) is 3. The van der Waals surface area contributed by atoms with Crippen molar-refractivity contribution >= 4 is 22.8 Å². The third kappa shape index (κ3) is 1.45. The molecule has 6 nitrogen and oxygen atoms in total. The van der Waals surface area contributed by atoms with Crippen LogP contribution < -0.4 is 16.0 Å². The van der Waals surface area contributed by atoms with Gasteiger partial charge in [0.05, 0.1) is 5.39 Å². The molecule has 0 amide bonds. The second kappa shape index (κ2) is 3.35. The van der Waals surface area contributed by atoms with Crippen molar-refractivity contribution in [2.75, 3.05) is 30.3 Å². The number of nitrogens with one attached hydrogen (secondary N) is 2. The molecule has 1 aliphatic heterocycles. The fourth-order valence-corrected chi connectivity index (χ4v) is 2.81. The van der Waals surface area contributed by atoms with Gasteiger partial charge in [0, 0.05) is 31.4 Å². The summed E-state index contributed by atoms with van der Waals surface area (Å²) in [4.78, 5) is 14.1. The lowest BCUT2D eigenvalue weighted by molar-refractivity contribution is 0.441. The minimum atomic E-state index is 0.334. The lowest BCUT2D eigenvalue weighted by Crippen LogP contribution is -2.52. The van der Waals surface area contributed by atoms with Crippen molar-refractivity contribution in [2.24, 2.45) is 0 Å². The van der Waals surface area contributed by atoms with Crippen LogP contribution in [0.25, 0.3) is 11.0 Å². The van der Waals surface area contributed by atoms with Crippen molar-refractivity contribution < 1.29 is 0 Å². The van der Waals surface area contributed by atoms with Gasteiger partial charge in [-0.25, -0.2) is 0 Å². The molecule has 2 aromatic rings. The van der Waals surface area contributed by atoms with Gasteiger partial charge >= 0.3 is 0 Å². The Bertz CT molecular complexity index is 600. The van der Waals surface area contributed by atoms with E-state index in [1.54, 1.807) is 0 Å². The van der Waals surface area contributed by atoms with E-state index in [9.17, 15) is 0 Å². The summed E-state index contributed by atoms with van der Waals surface area (Å²) in [5.41, 5.74) is 6.94. The molecule has 4 N–H and O–H groups in total. The fraction of sp³-hybridized carbons (Fsp3) is 0.500. The molecule has 4 rings (SSSR count). The van der Waals surface area contributed by atoms with E-state index in [4.69, 9.17) is 5.73 Å². The van der Waals surface area contributed by atoms with Crippen molar-refractivity contribution in [2.45, 2.75) is 18.4 Å². The number of piperazine rings is 1. The maximum absolute atomic E-state index is 5.79. The summed E-state index contributed by atoms with van der Waals surface area (Å²) >= 11 is 0. The van der Waals surface area contributed by atoms with Crippen LogP contribution >= 0.6 is 0 Å². The van der Waals surface area contributed by atoms with Gasteiger partial charge in [0.25, 0.3) is 0 Å². The molecule has 94 valence electrons. The number of rotatable bonds is 1. The number of H-pyrrole nitrogens is 1. The molecule has 0 aromatic carbocycles. The molecule has 0 bridgehead atoms. The molecule has 2 aliphatic rings. The molecule has 3 heterocycles. The second-order valence-electron chi connectivity index (χ2n) is 5.27. The topological polar surface area (TPSA) is 82.9 Å². The first-order chi connectivity index (χ1) is 8.76. The first kappa shape index (κ1) is 10.1. The van der Waals surface area contributed by atoms with Crippen LogP contribution in [0.5, 0.6) is 0 Å². The zero-order valence-corrected chi connectivity index (χ0v) is 10.1. The highest BCUT2D eigenvalue weighted by Gasteiger charge is 2.46. The van der Waals surface area contributed by atoms with Crippen LogP contribution in [-0.2, 0) is 0 Å². The predicted octanol–water partition coefficient (Wildman–Crippen LogP) is 0.482. The minimum absolute atomic E-state index is 0.334. The molecule has 0 radical (unpaired) electrons. The summed E-state index contributed by atoms with van der Waals surface area (Å²) < 4.78 is 0. The monoisotopic (exact) mass is 244 g/mol. The van der Waals surface area contributed by atoms with Crippen molar-refractivity contribution in [3.63, 3.8) is 0 Å². The molecule has 2 fully saturated rings. The number of fused-ring (bicyclic) bond motifs is 1. The van der Waals surface area contributed by atoms with E-state index in [0.29, 0.717) is 11.5 Å². The van der Waals surface area contributed by atoms with Crippen molar-refractivity contribution in [3.05, 3.63) is 12.3 Å². The first-order valence-corrected chi connectivity index (χ1v) is 6.36. The summed E-state index contributed by atoms with van der Waals surface area (Å²) in [7, 11) is 0. The molecular formula is C12H16N6. The highest BCUT2D eigenvalue weighted by atomic mass is 15.3. The van der Waals surface area contributed by atoms with E-state index < -0.39 is 0 Å². The number of nitrogen functional groups attached to an aromatic ring is 1. The van der Waals surface area contributed by atoms with Crippen molar-refractivity contribution in [1.29, 1.82) is 0 Å². The molecule has 0 atom stereocenters. The molecule has 1 aliphatic carbocycles. The van der Waals surface area contributed by atoms with Crippen molar-refractivity contribution in [3.8, 4) is 0 Å². The Labute approximate surface area is 105 Å². The maximum Gasteiger partial charge on any atom is 0.223 e. The van der Waals surface area contributed by atoms with Crippen LogP contribution in [0.2, 0.25) is 0 Å². The third-order valence-corrected chi connectivity index (χ3v) is 3.94. The van der Waals surface area contributed by atoms with Gasteiger partial charge in [-0.3, -0.25) is 0 Å². The quantitative estimate of drug-likeness (QED) is 0.679. The average Bonchev–Trinajstić information content (AvgIpc) is 2.93. The predicted molar refractivity (Wildman–Crippen MR) is 70.5 cm³/mol. The lowest BCUT2D eigenvalue weighted by atomic mass is 10.2. The van der Waals surface area contributed by atoms with E-state index in [2.05, 4.69) is 25.2 Å². The van der Waals surface area contributed by atoms with Gasteiger partial charge in [-0.05, 0) is 18.9 Å². The van der Waals surface area contributed by atoms with Crippen molar-refractivity contribution in [1.82, 2.24) is 20.3 Å². The normalized spacial score (nSPS) is 21.7. The van der Waals surface area contributed by atoms with Crippen LogP contribution in [0.3, 0.4) is 0 Å². The molecule has 6 heteroatoms. The van der Waals surface area contributed by atoms with E-state index in [1.165, 1.54) is 12.8 Å². The second-order valence-corrected chi connectivity index (χ2v) is 5.27. The number of aromatic amines is 1. The van der Waals surface area contributed by atoms with Gasteiger partial charge in [-0.1, -0.05) is 0 Å². The molecule has 0 unspecified atom stereocenters. The molecule has 1 saturated heterocycles. The number of anilines is 2. The summed E-state index contributed by atoms with van der Waals surface area (Å²) in [6.07, 6.45) is 4.41.